The zero-order valence-corrected chi connectivity index (χ0v) is 18.2. The summed E-state index contributed by atoms with van der Waals surface area (Å²) < 4.78 is 10.2. The van der Waals surface area contributed by atoms with E-state index in [0.717, 1.165) is 28.8 Å². The quantitative estimate of drug-likeness (QED) is 0.614. The fraction of sp³-hybridized carbons (Fsp3) is 0.333. The average Bonchev–Trinajstić information content (AvgIpc) is 3.47. The first-order chi connectivity index (χ1) is 15.5. The van der Waals surface area contributed by atoms with Gasteiger partial charge in [0.2, 0.25) is 17.7 Å². The van der Waals surface area contributed by atoms with Crippen molar-refractivity contribution in [3.05, 3.63) is 65.7 Å². The van der Waals surface area contributed by atoms with Crippen molar-refractivity contribution in [1.82, 2.24) is 20.4 Å². The molecule has 1 aliphatic heterocycles. The Morgan fingerprint density at radius 3 is 2.62 bits per heavy atom. The number of rotatable bonds is 7. The number of aryl methyl sites for hydroxylation is 1. The highest BCUT2D eigenvalue weighted by Crippen LogP contribution is 2.22. The van der Waals surface area contributed by atoms with Crippen LogP contribution in [0.25, 0.3) is 11.1 Å². The fourth-order valence-electron chi connectivity index (χ4n) is 3.88. The van der Waals surface area contributed by atoms with Crippen LogP contribution in [0.1, 0.15) is 29.9 Å². The summed E-state index contributed by atoms with van der Waals surface area (Å²) >= 11 is 0. The highest BCUT2D eigenvalue weighted by molar-refractivity contribution is 5.88. The van der Waals surface area contributed by atoms with Crippen molar-refractivity contribution < 1.29 is 18.8 Å². The van der Waals surface area contributed by atoms with Crippen LogP contribution in [0.4, 0.5) is 0 Å². The second kappa shape index (κ2) is 9.64. The molecule has 4 rings (SSSR count). The Morgan fingerprint density at radius 1 is 1.19 bits per heavy atom. The largest absolute Gasteiger partial charge is 0.481 e. The summed E-state index contributed by atoms with van der Waals surface area (Å²) in [7, 11) is 1.59. The van der Waals surface area contributed by atoms with Crippen molar-refractivity contribution in [1.29, 1.82) is 0 Å². The van der Waals surface area contributed by atoms with E-state index in [2.05, 4.69) is 15.5 Å². The van der Waals surface area contributed by atoms with Crippen LogP contribution in [0.3, 0.4) is 0 Å². The van der Waals surface area contributed by atoms with Crippen LogP contribution in [-0.2, 0) is 22.6 Å². The Labute approximate surface area is 186 Å². The van der Waals surface area contributed by atoms with Crippen LogP contribution >= 0.6 is 0 Å². The molecule has 2 amide bonds. The number of benzene rings is 1. The number of hydrogen-bond acceptors (Lipinski definition) is 6. The third-order valence-corrected chi connectivity index (χ3v) is 5.58. The minimum atomic E-state index is -0.448. The van der Waals surface area contributed by atoms with Gasteiger partial charge in [-0.2, -0.15) is 0 Å². The molecule has 32 heavy (non-hydrogen) atoms. The van der Waals surface area contributed by atoms with Crippen molar-refractivity contribution in [3.63, 3.8) is 0 Å². The summed E-state index contributed by atoms with van der Waals surface area (Å²) in [6.07, 6.45) is 3.36. The maximum Gasteiger partial charge on any atom is 0.243 e. The minimum Gasteiger partial charge on any atom is -0.481 e. The van der Waals surface area contributed by atoms with Crippen LogP contribution in [0, 0.1) is 6.92 Å². The predicted octanol–water partition coefficient (Wildman–Crippen LogP) is 2.90. The van der Waals surface area contributed by atoms with Gasteiger partial charge in [-0.15, -0.1) is 0 Å². The Kier molecular flexibility index (Phi) is 6.49. The molecule has 1 aliphatic rings. The molecule has 1 fully saturated rings. The van der Waals surface area contributed by atoms with E-state index in [1.54, 1.807) is 24.3 Å². The maximum absolute atomic E-state index is 12.8. The minimum absolute atomic E-state index is 0.115. The number of carbonyl (C=O) groups excluding carboxylic acids is 2. The van der Waals surface area contributed by atoms with Crippen LogP contribution in [-0.4, -0.2) is 46.6 Å². The van der Waals surface area contributed by atoms with Gasteiger partial charge >= 0.3 is 0 Å². The van der Waals surface area contributed by atoms with Gasteiger partial charge in [0.15, 0.2) is 0 Å². The summed E-state index contributed by atoms with van der Waals surface area (Å²) in [5.41, 5.74) is 3.74. The summed E-state index contributed by atoms with van der Waals surface area (Å²) in [6.45, 7) is 2.79. The second-order valence-electron chi connectivity index (χ2n) is 7.86. The first kappa shape index (κ1) is 21.5. The number of hydrogen-bond donors (Lipinski definition) is 1. The second-order valence-corrected chi connectivity index (χ2v) is 7.86. The highest BCUT2D eigenvalue weighted by atomic mass is 16.5. The first-order valence-electron chi connectivity index (χ1n) is 10.6. The lowest BCUT2D eigenvalue weighted by Crippen LogP contribution is -2.46. The molecule has 2 aromatic heterocycles. The number of pyridine rings is 1. The molecule has 3 heterocycles. The van der Waals surface area contributed by atoms with Crippen molar-refractivity contribution in [2.45, 2.75) is 38.8 Å². The normalized spacial score (nSPS) is 15.6. The summed E-state index contributed by atoms with van der Waals surface area (Å²) in [4.78, 5) is 31.3. The standard InChI is InChI=1S/C24H26N4O4/c1-16-12-20(32-27-16)13-23(29)28-11-3-4-21(28)24(30)26-14-17-5-7-18(8-6-17)19-9-10-22(31-2)25-15-19/h5-10,12,15,21H,3-4,11,13-14H2,1-2H3,(H,26,30). The maximum atomic E-state index is 12.8. The van der Waals surface area contributed by atoms with Crippen molar-refractivity contribution >= 4 is 11.8 Å². The van der Waals surface area contributed by atoms with E-state index in [1.807, 2.05) is 43.3 Å². The van der Waals surface area contributed by atoms with Crippen LogP contribution in [0.2, 0.25) is 0 Å². The van der Waals surface area contributed by atoms with Crippen LogP contribution < -0.4 is 10.1 Å². The lowest BCUT2D eigenvalue weighted by atomic mass is 10.1. The van der Waals surface area contributed by atoms with Crippen molar-refractivity contribution in [3.8, 4) is 17.0 Å². The number of nitrogens with zero attached hydrogens (tertiary/aromatic N) is 3. The molecular weight excluding hydrogens is 408 g/mol. The van der Waals surface area contributed by atoms with Gasteiger partial charge in [-0.3, -0.25) is 9.59 Å². The fourth-order valence-corrected chi connectivity index (χ4v) is 3.88. The molecule has 1 atom stereocenters. The van der Waals surface area contributed by atoms with E-state index in [9.17, 15) is 9.59 Å². The predicted molar refractivity (Wildman–Crippen MR) is 118 cm³/mol. The van der Waals surface area contributed by atoms with E-state index in [1.165, 1.54) is 0 Å². The number of ether oxygens (including phenoxy) is 1. The molecule has 0 aliphatic carbocycles. The third kappa shape index (κ3) is 4.96. The average molecular weight is 434 g/mol. The van der Waals surface area contributed by atoms with Gasteiger partial charge < -0.3 is 19.5 Å². The van der Waals surface area contributed by atoms with E-state index >= 15 is 0 Å². The lowest BCUT2D eigenvalue weighted by Gasteiger charge is -2.23. The van der Waals surface area contributed by atoms with Crippen LogP contribution in [0.5, 0.6) is 5.88 Å². The summed E-state index contributed by atoms with van der Waals surface area (Å²) in [5, 5.41) is 6.78. The molecule has 1 unspecified atom stereocenters. The molecule has 0 spiro atoms. The molecule has 0 bridgehead atoms. The molecule has 1 aromatic carbocycles. The Hall–Kier alpha value is -3.68. The number of amides is 2. The smallest absolute Gasteiger partial charge is 0.243 e. The zero-order chi connectivity index (χ0) is 22.5. The number of methoxy groups -OCH3 is 1. The molecule has 0 saturated carbocycles. The van der Waals surface area contributed by atoms with Gasteiger partial charge in [-0.05, 0) is 37.0 Å². The Bertz CT molecular complexity index is 1080. The van der Waals surface area contributed by atoms with E-state index in [4.69, 9.17) is 9.26 Å². The Morgan fingerprint density at radius 2 is 1.97 bits per heavy atom. The van der Waals surface area contributed by atoms with Gasteiger partial charge in [0.25, 0.3) is 0 Å². The molecule has 3 aromatic rings. The summed E-state index contributed by atoms with van der Waals surface area (Å²) in [6, 6.07) is 13.0. The Balaban J connectivity index is 1.32. The highest BCUT2D eigenvalue weighted by Gasteiger charge is 2.34. The van der Waals surface area contributed by atoms with Gasteiger partial charge in [0.1, 0.15) is 11.8 Å². The number of aromatic nitrogens is 2. The third-order valence-electron chi connectivity index (χ3n) is 5.58. The topological polar surface area (TPSA) is 97.6 Å². The molecule has 0 radical (unpaired) electrons. The molecular formula is C24H26N4O4. The van der Waals surface area contributed by atoms with Gasteiger partial charge in [0, 0.05) is 37.0 Å². The lowest BCUT2D eigenvalue weighted by molar-refractivity contribution is -0.138. The van der Waals surface area contributed by atoms with Gasteiger partial charge in [0.05, 0.1) is 19.2 Å². The van der Waals surface area contributed by atoms with E-state index in [-0.39, 0.29) is 18.2 Å². The number of nitrogens with one attached hydrogen (secondary N) is 1. The van der Waals surface area contributed by atoms with Gasteiger partial charge in [-0.25, -0.2) is 4.98 Å². The van der Waals surface area contributed by atoms with Crippen molar-refractivity contribution in [2.75, 3.05) is 13.7 Å². The van der Waals surface area contributed by atoms with Crippen LogP contribution in [0.15, 0.2) is 53.2 Å². The SMILES string of the molecule is COc1ccc(-c2ccc(CNC(=O)C3CCCN3C(=O)Cc3cc(C)no3)cc2)cn1. The first-order valence-corrected chi connectivity index (χ1v) is 10.6. The monoisotopic (exact) mass is 434 g/mol. The van der Waals surface area contributed by atoms with Gasteiger partial charge in [-0.1, -0.05) is 29.4 Å². The molecule has 8 heteroatoms. The molecule has 1 saturated heterocycles. The molecule has 8 nitrogen and oxygen atoms in total. The molecule has 166 valence electrons. The number of likely N-dealkylation sites (tertiary alicyclic amines) is 1. The van der Waals surface area contributed by atoms with E-state index in [0.29, 0.717) is 31.2 Å². The zero-order valence-electron chi connectivity index (χ0n) is 18.2. The molecule has 1 N–H and O–H groups in total. The van der Waals surface area contributed by atoms with E-state index < -0.39 is 6.04 Å². The van der Waals surface area contributed by atoms with Crippen molar-refractivity contribution in [2.24, 2.45) is 0 Å². The number of carbonyl (C=O) groups is 2. The summed E-state index contributed by atoms with van der Waals surface area (Å²) in [5.74, 6) is 0.846.